The van der Waals surface area contributed by atoms with Crippen LogP contribution in [-0.2, 0) is 37.0 Å². The van der Waals surface area contributed by atoms with Crippen molar-refractivity contribution in [1.82, 2.24) is 0 Å². The van der Waals surface area contributed by atoms with Gasteiger partial charge in [-0.05, 0) is 31.2 Å². The van der Waals surface area contributed by atoms with Crippen LogP contribution in [0.15, 0.2) is 30.3 Å². The molecular weight excluding hydrogens is 396 g/mol. The van der Waals surface area contributed by atoms with Crippen molar-refractivity contribution in [3.63, 3.8) is 0 Å². The average molecular weight is 415 g/mol. The van der Waals surface area contributed by atoms with E-state index in [1.807, 2.05) is 18.2 Å². The van der Waals surface area contributed by atoms with Crippen LogP contribution >= 0.6 is 0 Å². The van der Waals surface area contributed by atoms with Gasteiger partial charge in [0.05, 0.1) is 0 Å². The Balaban J connectivity index is 0.00000162. The third kappa shape index (κ3) is 4.17. The molecule has 1 aromatic rings. The Hall–Kier alpha value is -0.752. The van der Waals surface area contributed by atoms with Crippen LogP contribution < -0.4 is 0 Å². The zero-order valence-corrected chi connectivity index (χ0v) is 13.5. The van der Waals surface area contributed by atoms with Crippen LogP contribution in [0.25, 0.3) is 0 Å². The van der Waals surface area contributed by atoms with Gasteiger partial charge in [-0.1, -0.05) is 36.8 Å². The molecule has 98 valence electrons. The van der Waals surface area contributed by atoms with Crippen molar-refractivity contribution in [3.05, 3.63) is 42.8 Å². The van der Waals surface area contributed by atoms with E-state index in [2.05, 4.69) is 19.1 Å². The van der Waals surface area contributed by atoms with Crippen LogP contribution in [-0.4, -0.2) is 11.6 Å². The number of benzene rings is 1. The Kier molecular flexibility index (Phi) is 5.94. The molecule has 0 aromatic heterocycles. The Bertz CT molecular complexity index is 369. The fourth-order valence-electron chi connectivity index (χ4n) is 2.72. The standard InChI is InChI=1S/C15H19O2.W/c1-13(16)17-15(10-6-3-7-11-15)12-14-8-4-2-5-9-14;/h2,4-5,8-9H,1,3,6-7,10-12H2;/q-1;. The molecule has 1 fully saturated rings. The summed E-state index contributed by atoms with van der Waals surface area (Å²) in [5.41, 5.74) is 0.925. The minimum atomic E-state index is -0.400. The summed E-state index contributed by atoms with van der Waals surface area (Å²) in [5, 5.41) is 0. The predicted octanol–water partition coefficient (Wildman–Crippen LogP) is 3.31. The van der Waals surface area contributed by atoms with Crippen molar-refractivity contribution in [2.75, 3.05) is 0 Å². The maximum Gasteiger partial charge on any atom is 0.165 e. The molecule has 0 unspecified atom stereocenters. The van der Waals surface area contributed by atoms with Crippen LogP contribution in [0, 0.1) is 6.92 Å². The van der Waals surface area contributed by atoms with Crippen LogP contribution in [0.1, 0.15) is 37.7 Å². The molecule has 1 aliphatic carbocycles. The van der Waals surface area contributed by atoms with Crippen molar-refractivity contribution < 1.29 is 30.6 Å². The van der Waals surface area contributed by atoms with E-state index < -0.39 is 5.97 Å². The number of ether oxygens (including phenoxy) is 1. The molecule has 0 atom stereocenters. The van der Waals surface area contributed by atoms with Gasteiger partial charge < -0.3 is 4.74 Å². The van der Waals surface area contributed by atoms with Gasteiger partial charge in [-0.25, -0.2) is 0 Å². The fourth-order valence-corrected chi connectivity index (χ4v) is 2.72. The average Bonchev–Trinajstić information content (AvgIpc) is 2.30. The molecular formula is C15H19O2W-. The van der Waals surface area contributed by atoms with Crippen molar-refractivity contribution in [2.45, 2.75) is 44.1 Å². The zero-order valence-electron chi connectivity index (χ0n) is 10.6. The van der Waals surface area contributed by atoms with Crippen molar-refractivity contribution in [3.8, 4) is 0 Å². The van der Waals surface area contributed by atoms with Gasteiger partial charge in [0.1, 0.15) is 5.60 Å². The normalized spacial score (nSPS) is 17.6. The van der Waals surface area contributed by atoms with Gasteiger partial charge in [0, 0.05) is 27.5 Å². The molecule has 0 amide bonds. The van der Waals surface area contributed by atoms with Gasteiger partial charge in [0.15, 0.2) is 5.97 Å². The van der Waals surface area contributed by atoms with Gasteiger partial charge in [0.2, 0.25) is 0 Å². The second-order valence-electron chi connectivity index (χ2n) is 4.88. The van der Waals surface area contributed by atoms with Crippen LogP contribution in [0.4, 0.5) is 0 Å². The summed E-state index contributed by atoms with van der Waals surface area (Å²) in [5.74, 6) is -0.400. The third-order valence-electron chi connectivity index (χ3n) is 3.46. The molecule has 2 nitrogen and oxygen atoms in total. The molecule has 0 heterocycles. The molecule has 0 aliphatic heterocycles. The van der Waals surface area contributed by atoms with Gasteiger partial charge >= 0.3 is 0 Å². The first-order valence-electron chi connectivity index (χ1n) is 6.29. The minimum absolute atomic E-state index is 0. The van der Waals surface area contributed by atoms with Gasteiger partial charge in [-0.15, -0.1) is 0 Å². The topological polar surface area (TPSA) is 26.3 Å². The maximum absolute atomic E-state index is 11.2. The first-order chi connectivity index (χ1) is 8.20. The molecule has 2 rings (SSSR count). The molecule has 0 spiro atoms. The largest absolute Gasteiger partial charge is 0.482 e. The molecule has 0 bridgehead atoms. The van der Waals surface area contributed by atoms with E-state index in [1.165, 1.54) is 12.0 Å². The summed E-state index contributed by atoms with van der Waals surface area (Å²) in [6, 6.07) is 10.2. The van der Waals surface area contributed by atoms with Crippen LogP contribution in [0.3, 0.4) is 0 Å². The van der Waals surface area contributed by atoms with Crippen LogP contribution in [0.5, 0.6) is 0 Å². The summed E-state index contributed by atoms with van der Waals surface area (Å²) in [6.45, 7) is 3.36. The molecule has 0 radical (unpaired) electrons. The van der Waals surface area contributed by atoms with E-state index in [1.54, 1.807) is 0 Å². The number of hydrogen-bond donors (Lipinski definition) is 0. The van der Waals surface area contributed by atoms with E-state index in [0.29, 0.717) is 0 Å². The SMILES string of the molecule is [CH2-]C(=O)OC1(Cc2ccccc2)CCCCC1.[W]. The van der Waals surface area contributed by atoms with E-state index >= 15 is 0 Å². The zero-order chi connectivity index (χ0) is 12.1. The Morgan fingerprint density at radius 1 is 1.17 bits per heavy atom. The van der Waals surface area contributed by atoms with E-state index in [4.69, 9.17) is 4.74 Å². The van der Waals surface area contributed by atoms with E-state index in [9.17, 15) is 4.79 Å². The first-order valence-corrected chi connectivity index (χ1v) is 6.29. The van der Waals surface area contributed by atoms with Gasteiger partial charge in [-0.2, -0.15) is 0 Å². The summed E-state index contributed by atoms with van der Waals surface area (Å²) >= 11 is 0. The summed E-state index contributed by atoms with van der Waals surface area (Å²) in [6.07, 6.45) is 6.26. The fraction of sp³-hybridized carbons (Fsp3) is 0.467. The molecule has 0 saturated heterocycles. The Morgan fingerprint density at radius 2 is 1.78 bits per heavy atom. The quantitative estimate of drug-likeness (QED) is 0.560. The molecule has 1 aliphatic rings. The molecule has 1 aromatic carbocycles. The summed E-state index contributed by atoms with van der Waals surface area (Å²) in [4.78, 5) is 11.2. The maximum atomic E-state index is 11.2. The first kappa shape index (κ1) is 15.3. The predicted molar refractivity (Wildman–Crippen MR) is 67.4 cm³/mol. The van der Waals surface area contributed by atoms with Crippen molar-refractivity contribution in [1.29, 1.82) is 0 Å². The number of rotatable bonds is 3. The van der Waals surface area contributed by atoms with Crippen LogP contribution in [0.2, 0.25) is 0 Å². The van der Waals surface area contributed by atoms with Gasteiger partial charge in [-0.3, -0.25) is 11.7 Å². The van der Waals surface area contributed by atoms with Crippen molar-refractivity contribution in [2.24, 2.45) is 0 Å². The second kappa shape index (κ2) is 6.99. The molecule has 1 saturated carbocycles. The summed E-state index contributed by atoms with van der Waals surface area (Å²) in [7, 11) is 0. The Labute approximate surface area is 123 Å². The minimum Gasteiger partial charge on any atom is -0.482 e. The molecule has 18 heavy (non-hydrogen) atoms. The molecule has 0 N–H and O–H groups in total. The number of esters is 1. The van der Waals surface area contributed by atoms with E-state index in [-0.39, 0.29) is 26.7 Å². The van der Waals surface area contributed by atoms with E-state index in [0.717, 1.165) is 32.1 Å². The molecule has 3 heteroatoms. The monoisotopic (exact) mass is 415 g/mol. The second-order valence-corrected chi connectivity index (χ2v) is 4.88. The number of carbonyl (C=O) groups is 1. The number of carbonyl (C=O) groups excluding carboxylic acids is 1. The number of hydrogen-bond acceptors (Lipinski definition) is 2. The smallest absolute Gasteiger partial charge is 0.165 e. The Morgan fingerprint density at radius 3 is 2.33 bits per heavy atom. The third-order valence-corrected chi connectivity index (χ3v) is 3.46. The van der Waals surface area contributed by atoms with Crippen molar-refractivity contribution >= 4 is 5.97 Å². The van der Waals surface area contributed by atoms with Gasteiger partial charge in [0.25, 0.3) is 0 Å². The summed E-state index contributed by atoms with van der Waals surface area (Å²) < 4.78 is 5.53.